The van der Waals surface area contributed by atoms with Gasteiger partial charge in [0.2, 0.25) is 11.8 Å². The lowest BCUT2D eigenvalue weighted by atomic mass is 10.1. The van der Waals surface area contributed by atoms with Crippen LogP contribution >= 0.6 is 0 Å². The summed E-state index contributed by atoms with van der Waals surface area (Å²) in [6, 6.07) is 1.85. The Kier molecular flexibility index (Phi) is 4.94. The van der Waals surface area contributed by atoms with Gasteiger partial charge in [-0.05, 0) is 27.7 Å². The molecule has 114 valence electrons. The number of allylic oxidation sites excluding steroid dienone is 1. The highest BCUT2D eigenvalue weighted by atomic mass is 16.5. The van der Waals surface area contributed by atoms with Gasteiger partial charge in [-0.2, -0.15) is 4.98 Å². The zero-order valence-electron chi connectivity index (χ0n) is 13.2. The molecule has 0 spiro atoms. The molecule has 1 fully saturated rings. The van der Waals surface area contributed by atoms with Crippen LogP contribution in [-0.4, -0.2) is 40.0 Å². The zero-order valence-corrected chi connectivity index (χ0v) is 13.2. The molecule has 0 aliphatic carbocycles. The molecular formula is C16H23N3O2. The molecule has 0 aromatic carbocycles. The second-order valence-electron chi connectivity index (χ2n) is 5.76. The average molecular weight is 289 g/mol. The summed E-state index contributed by atoms with van der Waals surface area (Å²) < 4.78 is 5.92. The number of piperidine rings is 1. The van der Waals surface area contributed by atoms with E-state index in [4.69, 9.17) is 4.74 Å². The van der Waals surface area contributed by atoms with E-state index in [1.54, 1.807) is 6.08 Å². The highest BCUT2D eigenvalue weighted by Gasteiger charge is 2.23. The number of ether oxygens (including phenoxy) is 1. The van der Waals surface area contributed by atoms with Crippen molar-refractivity contribution in [3.8, 4) is 5.88 Å². The Morgan fingerprint density at radius 2 is 1.95 bits per heavy atom. The lowest BCUT2D eigenvalue weighted by molar-refractivity contribution is -0.127. The minimum atomic E-state index is 0.0992. The van der Waals surface area contributed by atoms with Gasteiger partial charge in [0, 0.05) is 43.8 Å². The van der Waals surface area contributed by atoms with Crippen LogP contribution in [0.3, 0.4) is 0 Å². The number of rotatable bonds is 3. The van der Waals surface area contributed by atoms with Gasteiger partial charge in [0.25, 0.3) is 0 Å². The van der Waals surface area contributed by atoms with Gasteiger partial charge in [-0.25, -0.2) is 4.98 Å². The Hall–Kier alpha value is -1.91. The standard InChI is InChI=1S/C16H23N3O2/c1-11(2)9-16(20)19-7-5-14(6-8-19)21-15-10-12(3)17-13(4)18-15/h9-10,14H,5-8H2,1-4H3. The van der Waals surface area contributed by atoms with Crippen molar-refractivity contribution >= 4 is 5.91 Å². The molecular weight excluding hydrogens is 266 g/mol. The van der Waals surface area contributed by atoms with Crippen LogP contribution in [0.15, 0.2) is 17.7 Å². The van der Waals surface area contributed by atoms with Gasteiger partial charge in [-0.1, -0.05) is 5.57 Å². The highest BCUT2D eigenvalue weighted by Crippen LogP contribution is 2.18. The lowest BCUT2D eigenvalue weighted by Crippen LogP contribution is -2.41. The monoisotopic (exact) mass is 289 g/mol. The molecule has 5 nitrogen and oxygen atoms in total. The number of likely N-dealkylation sites (tertiary alicyclic amines) is 1. The summed E-state index contributed by atoms with van der Waals surface area (Å²) in [7, 11) is 0. The first-order valence-electron chi connectivity index (χ1n) is 7.37. The number of aromatic nitrogens is 2. The summed E-state index contributed by atoms with van der Waals surface area (Å²) in [5.41, 5.74) is 1.94. The van der Waals surface area contributed by atoms with E-state index in [1.807, 2.05) is 38.7 Å². The van der Waals surface area contributed by atoms with E-state index in [2.05, 4.69) is 9.97 Å². The fourth-order valence-corrected chi connectivity index (χ4v) is 2.45. The van der Waals surface area contributed by atoms with E-state index in [0.29, 0.717) is 5.88 Å². The number of hydrogen-bond acceptors (Lipinski definition) is 4. The second kappa shape index (κ2) is 6.70. The SMILES string of the molecule is CC(C)=CC(=O)N1CCC(Oc2cc(C)nc(C)n2)CC1. The molecule has 1 aliphatic rings. The van der Waals surface area contributed by atoms with Gasteiger partial charge in [0.05, 0.1) is 0 Å². The molecule has 2 heterocycles. The molecule has 1 amide bonds. The van der Waals surface area contributed by atoms with Crippen molar-refractivity contribution in [3.63, 3.8) is 0 Å². The fourth-order valence-electron chi connectivity index (χ4n) is 2.45. The first-order valence-corrected chi connectivity index (χ1v) is 7.37. The fraction of sp³-hybridized carbons (Fsp3) is 0.562. The number of carbonyl (C=O) groups excluding carboxylic acids is 1. The predicted molar refractivity (Wildman–Crippen MR) is 81.2 cm³/mol. The van der Waals surface area contributed by atoms with E-state index in [1.165, 1.54) is 0 Å². The summed E-state index contributed by atoms with van der Waals surface area (Å²) in [6.45, 7) is 9.14. The smallest absolute Gasteiger partial charge is 0.246 e. The first-order chi connectivity index (χ1) is 9.94. The third-order valence-electron chi connectivity index (χ3n) is 3.40. The maximum atomic E-state index is 12.0. The van der Waals surface area contributed by atoms with Gasteiger partial charge in [0.1, 0.15) is 11.9 Å². The van der Waals surface area contributed by atoms with Gasteiger partial charge >= 0.3 is 0 Å². The molecule has 1 saturated heterocycles. The Morgan fingerprint density at radius 3 is 2.52 bits per heavy atom. The number of nitrogens with zero attached hydrogens (tertiary/aromatic N) is 3. The summed E-state index contributed by atoms with van der Waals surface area (Å²) in [6.07, 6.45) is 3.49. The van der Waals surface area contributed by atoms with Crippen molar-refractivity contribution in [1.82, 2.24) is 14.9 Å². The summed E-state index contributed by atoms with van der Waals surface area (Å²) in [5.74, 6) is 1.46. The van der Waals surface area contributed by atoms with Crippen molar-refractivity contribution in [1.29, 1.82) is 0 Å². The number of carbonyl (C=O) groups is 1. The van der Waals surface area contributed by atoms with Gasteiger partial charge in [-0.3, -0.25) is 4.79 Å². The third kappa shape index (κ3) is 4.55. The van der Waals surface area contributed by atoms with E-state index >= 15 is 0 Å². The number of hydrogen-bond donors (Lipinski definition) is 0. The molecule has 1 aromatic rings. The van der Waals surface area contributed by atoms with Crippen molar-refractivity contribution in [2.24, 2.45) is 0 Å². The zero-order chi connectivity index (χ0) is 15.4. The third-order valence-corrected chi connectivity index (χ3v) is 3.40. The van der Waals surface area contributed by atoms with Gasteiger partial charge in [-0.15, -0.1) is 0 Å². The molecule has 0 radical (unpaired) electrons. The Morgan fingerprint density at radius 1 is 1.29 bits per heavy atom. The Labute approximate surface area is 126 Å². The molecule has 0 unspecified atom stereocenters. The maximum absolute atomic E-state index is 12.0. The minimum Gasteiger partial charge on any atom is -0.474 e. The topological polar surface area (TPSA) is 55.3 Å². The quantitative estimate of drug-likeness (QED) is 0.802. The van der Waals surface area contributed by atoms with Crippen LogP contribution in [0.1, 0.15) is 38.2 Å². The molecule has 1 aromatic heterocycles. The maximum Gasteiger partial charge on any atom is 0.246 e. The molecule has 0 saturated carbocycles. The van der Waals surface area contributed by atoms with Crippen LogP contribution in [0.5, 0.6) is 5.88 Å². The highest BCUT2D eigenvalue weighted by molar-refractivity contribution is 5.88. The Bertz CT molecular complexity index is 522. The molecule has 0 N–H and O–H groups in total. The lowest BCUT2D eigenvalue weighted by Gasteiger charge is -2.31. The second-order valence-corrected chi connectivity index (χ2v) is 5.76. The van der Waals surface area contributed by atoms with Gasteiger partial charge < -0.3 is 9.64 Å². The largest absolute Gasteiger partial charge is 0.474 e. The van der Waals surface area contributed by atoms with Crippen LogP contribution in [0, 0.1) is 13.8 Å². The van der Waals surface area contributed by atoms with Crippen LogP contribution < -0.4 is 4.74 Å². The van der Waals surface area contributed by atoms with E-state index in [-0.39, 0.29) is 12.0 Å². The van der Waals surface area contributed by atoms with Crippen LogP contribution in [0.25, 0.3) is 0 Å². The minimum absolute atomic E-state index is 0.0992. The average Bonchev–Trinajstić information content (AvgIpc) is 2.37. The Balaban J connectivity index is 1.89. The molecule has 2 rings (SSSR count). The molecule has 1 aliphatic heterocycles. The van der Waals surface area contributed by atoms with Crippen molar-refractivity contribution in [3.05, 3.63) is 29.2 Å². The van der Waals surface area contributed by atoms with Crippen molar-refractivity contribution in [2.45, 2.75) is 46.6 Å². The molecule has 0 atom stereocenters. The normalized spacial score (nSPS) is 15.7. The van der Waals surface area contributed by atoms with Crippen LogP contribution in [0.4, 0.5) is 0 Å². The van der Waals surface area contributed by atoms with Crippen molar-refractivity contribution < 1.29 is 9.53 Å². The van der Waals surface area contributed by atoms with Gasteiger partial charge in [0.15, 0.2) is 0 Å². The summed E-state index contributed by atoms with van der Waals surface area (Å²) in [5, 5.41) is 0. The molecule has 5 heteroatoms. The molecule has 21 heavy (non-hydrogen) atoms. The van der Waals surface area contributed by atoms with E-state index in [0.717, 1.165) is 43.0 Å². The number of aryl methyl sites for hydroxylation is 2. The van der Waals surface area contributed by atoms with E-state index < -0.39 is 0 Å². The predicted octanol–water partition coefficient (Wildman–Crippen LogP) is 2.43. The summed E-state index contributed by atoms with van der Waals surface area (Å²) >= 11 is 0. The van der Waals surface area contributed by atoms with Crippen LogP contribution in [-0.2, 0) is 4.79 Å². The first kappa shape index (κ1) is 15.5. The van der Waals surface area contributed by atoms with E-state index in [9.17, 15) is 4.79 Å². The molecule has 0 bridgehead atoms. The van der Waals surface area contributed by atoms with Crippen LogP contribution in [0.2, 0.25) is 0 Å². The van der Waals surface area contributed by atoms with Crippen molar-refractivity contribution in [2.75, 3.05) is 13.1 Å². The number of amides is 1. The summed E-state index contributed by atoms with van der Waals surface area (Å²) in [4.78, 5) is 22.4.